The summed E-state index contributed by atoms with van der Waals surface area (Å²) in [4.78, 5) is 21.7. The fourth-order valence-electron chi connectivity index (χ4n) is 3.87. The first-order valence-corrected chi connectivity index (χ1v) is 11.2. The number of nitrogens with zero attached hydrogens (tertiary/aromatic N) is 4. The molecule has 6 nitrogen and oxygen atoms in total. The molecule has 1 atom stereocenters. The number of benzene rings is 1. The van der Waals surface area contributed by atoms with Crippen molar-refractivity contribution < 1.29 is 4.79 Å². The Morgan fingerprint density at radius 3 is 2.78 bits per heavy atom. The fraction of sp³-hybridized carbons (Fsp3) is 0.0833. The Hall–Kier alpha value is -3.55. The van der Waals surface area contributed by atoms with E-state index >= 15 is 0 Å². The van der Waals surface area contributed by atoms with Crippen molar-refractivity contribution in [1.29, 1.82) is 0 Å². The van der Waals surface area contributed by atoms with Crippen LogP contribution in [0.1, 0.15) is 21.9 Å². The van der Waals surface area contributed by atoms with Crippen molar-refractivity contribution in [3.63, 3.8) is 0 Å². The summed E-state index contributed by atoms with van der Waals surface area (Å²) < 4.78 is 1.84. The molecule has 0 bridgehead atoms. The molecule has 158 valence electrons. The molecule has 1 unspecified atom stereocenters. The number of carbonyl (C=O) groups is 1. The number of primary amides is 1. The van der Waals surface area contributed by atoms with Gasteiger partial charge in [0.15, 0.2) is 0 Å². The molecule has 0 saturated heterocycles. The van der Waals surface area contributed by atoms with Crippen molar-refractivity contribution in [3.8, 4) is 22.5 Å². The normalized spacial score (nSPS) is 12.2. The second kappa shape index (κ2) is 8.18. The summed E-state index contributed by atoms with van der Waals surface area (Å²) in [6, 6.07) is 17.5. The SMILES string of the molecule is Cc1ccc2c(-c3ccnc(Cl)n3)c(-c3cccc(C(C(N)=O)c4cccs4)c3)nn2c1. The Labute approximate surface area is 193 Å². The van der Waals surface area contributed by atoms with Crippen molar-refractivity contribution in [1.82, 2.24) is 19.6 Å². The number of halogens is 1. The predicted octanol–water partition coefficient (Wildman–Crippen LogP) is 5.10. The van der Waals surface area contributed by atoms with Gasteiger partial charge in [0.2, 0.25) is 11.2 Å². The van der Waals surface area contributed by atoms with Gasteiger partial charge >= 0.3 is 0 Å². The molecule has 4 heterocycles. The van der Waals surface area contributed by atoms with E-state index in [4.69, 9.17) is 22.4 Å². The molecular weight excluding hydrogens is 442 g/mol. The van der Waals surface area contributed by atoms with Crippen molar-refractivity contribution >= 4 is 34.4 Å². The van der Waals surface area contributed by atoms with E-state index in [1.165, 1.54) is 11.3 Å². The van der Waals surface area contributed by atoms with Gasteiger partial charge in [-0.25, -0.2) is 14.5 Å². The van der Waals surface area contributed by atoms with Gasteiger partial charge < -0.3 is 5.73 Å². The highest BCUT2D eigenvalue weighted by atomic mass is 35.5. The molecule has 0 aliphatic rings. The lowest BCUT2D eigenvalue weighted by molar-refractivity contribution is -0.118. The number of rotatable bonds is 5. The second-order valence-electron chi connectivity index (χ2n) is 7.45. The van der Waals surface area contributed by atoms with Crippen LogP contribution >= 0.6 is 22.9 Å². The van der Waals surface area contributed by atoms with E-state index in [1.807, 2.05) is 77.6 Å². The second-order valence-corrected chi connectivity index (χ2v) is 8.76. The number of amides is 1. The third-order valence-electron chi connectivity index (χ3n) is 5.27. The van der Waals surface area contributed by atoms with E-state index < -0.39 is 11.8 Å². The highest BCUT2D eigenvalue weighted by Crippen LogP contribution is 2.37. The molecule has 1 aromatic carbocycles. The van der Waals surface area contributed by atoms with Gasteiger partial charge in [-0.1, -0.05) is 30.3 Å². The first-order chi connectivity index (χ1) is 15.5. The van der Waals surface area contributed by atoms with Crippen LogP contribution in [-0.4, -0.2) is 25.5 Å². The molecule has 8 heteroatoms. The predicted molar refractivity (Wildman–Crippen MR) is 127 cm³/mol. The summed E-state index contributed by atoms with van der Waals surface area (Å²) in [5, 5.41) is 6.97. The maximum atomic E-state index is 12.3. The molecule has 0 spiro atoms. The van der Waals surface area contributed by atoms with Crippen LogP contribution in [-0.2, 0) is 4.79 Å². The van der Waals surface area contributed by atoms with Gasteiger partial charge in [-0.15, -0.1) is 11.3 Å². The van der Waals surface area contributed by atoms with Gasteiger partial charge in [-0.05, 0) is 59.3 Å². The third-order valence-corrected chi connectivity index (χ3v) is 6.38. The minimum absolute atomic E-state index is 0.167. The first-order valence-electron chi connectivity index (χ1n) is 9.92. The molecule has 0 aliphatic carbocycles. The number of aromatic nitrogens is 4. The molecule has 5 aromatic rings. The van der Waals surface area contributed by atoms with Crippen LogP contribution in [0, 0.1) is 6.92 Å². The average molecular weight is 460 g/mol. The lowest BCUT2D eigenvalue weighted by atomic mass is 9.93. The van der Waals surface area contributed by atoms with Crippen LogP contribution in [0.25, 0.3) is 28.0 Å². The molecule has 5 rings (SSSR count). The van der Waals surface area contributed by atoms with E-state index in [0.29, 0.717) is 5.69 Å². The van der Waals surface area contributed by atoms with Crippen LogP contribution < -0.4 is 5.73 Å². The molecule has 1 amide bonds. The van der Waals surface area contributed by atoms with Crippen LogP contribution in [0.2, 0.25) is 5.28 Å². The summed E-state index contributed by atoms with van der Waals surface area (Å²) >= 11 is 7.61. The zero-order valence-corrected chi connectivity index (χ0v) is 18.6. The van der Waals surface area contributed by atoms with Crippen LogP contribution in [0.15, 0.2) is 72.4 Å². The number of hydrogen-bond donors (Lipinski definition) is 1. The van der Waals surface area contributed by atoms with Gasteiger partial charge in [0.25, 0.3) is 0 Å². The average Bonchev–Trinajstić information content (AvgIpc) is 3.41. The molecule has 0 saturated carbocycles. The number of hydrogen-bond acceptors (Lipinski definition) is 5. The minimum atomic E-state index is -0.522. The summed E-state index contributed by atoms with van der Waals surface area (Å²) in [5.41, 5.74) is 11.7. The maximum absolute atomic E-state index is 12.3. The van der Waals surface area contributed by atoms with E-state index in [2.05, 4.69) is 9.97 Å². The summed E-state index contributed by atoms with van der Waals surface area (Å²) in [6.07, 6.45) is 3.59. The highest BCUT2D eigenvalue weighted by Gasteiger charge is 2.23. The summed E-state index contributed by atoms with van der Waals surface area (Å²) in [6.45, 7) is 2.02. The van der Waals surface area contributed by atoms with Crippen LogP contribution in [0.4, 0.5) is 0 Å². The molecule has 32 heavy (non-hydrogen) atoms. The Kier molecular flexibility index (Phi) is 5.20. The van der Waals surface area contributed by atoms with E-state index in [1.54, 1.807) is 6.20 Å². The van der Waals surface area contributed by atoms with E-state index in [-0.39, 0.29) is 5.28 Å². The Bertz CT molecular complexity index is 1440. The topological polar surface area (TPSA) is 86.2 Å². The molecule has 4 aromatic heterocycles. The van der Waals surface area contributed by atoms with Crippen molar-refractivity contribution in [2.75, 3.05) is 0 Å². The van der Waals surface area contributed by atoms with Gasteiger partial charge in [-0.2, -0.15) is 5.10 Å². The highest BCUT2D eigenvalue weighted by molar-refractivity contribution is 7.10. The van der Waals surface area contributed by atoms with Gasteiger partial charge in [0, 0.05) is 22.8 Å². The molecule has 2 N–H and O–H groups in total. The number of pyridine rings is 1. The standard InChI is InChI=1S/C24H18ClN5OS/c1-14-7-8-18-21(17-9-10-27-24(25)28-17)22(29-30(18)13-14)16-5-2-4-15(12-16)20(23(26)31)19-6-3-11-32-19/h2-13,20H,1H3,(H2,26,31). The largest absolute Gasteiger partial charge is 0.369 e. The fourth-order valence-corrected chi connectivity index (χ4v) is 4.88. The quantitative estimate of drug-likeness (QED) is 0.370. The minimum Gasteiger partial charge on any atom is -0.369 e. The van der Waals surface area contributed by atoms with Crippen molar-refractivity contribution in [3.05, 3.63) is 93.7 Å². The Balaban J connectivity index is 1.73. The van der Waals surface area contributed by atoms with Crippen LogP contribution in [0.3, 0.4) is 0 Å². The Morgan fingerprint density at radius 1 is 1.16 bits per heavy atom. The molecule has 0 radical (unpaired) electrons. The third kappa shape index (κ3) is 3.66. The monoisotopic (exact) mass is 459 g/mol. The maximum Gasteiger partial charge on any atom is 0.230 e. The number of nitrogens with two attached hydrogens (primary N) is 1. The van der Waals surface area contributed by atoms with E-state index in [9.17, 15) is 4.79 Å². The first kappa shape index (κ1) is 20.4. The number of carbonyl (C=O) groups excluding carboxylic acids is 1. The summed E-state index contributed by atoms with van der Waals surface area (Å²) in [5.74, 6) is -0.913. The number of fused-ring (bicyclic) bond motifs is 1. The zero-order valence-electron chi connectivity index (χ0n) is 17.1. The van der Waals surface area contributed by atoms with Crippen LogP contribution in [0.5, 0.6) is 0 Å². The molecular formula is C24H18ClN5OS. The van der Waals surface area contributed by atoms with Gasteiger partial charge in [0.05, 0.1) is 22.7 Å². The smallest absolute Gasteiger partial charge is 0.230 e. The van der Waals surface area contributed by atoms with Crippen molar-refractivity contribution in [2.24, 2.45) is 5.73 Å². The van der Waals surface area contributed by atoms with Gasteiger partial charge in [0.1, 0.15) is 5.69 Å². The lowest BCUT2D eigenvalue weighted by Gasteiger charge is -2.13. The molecule has 0 fully saturated rings. The van der Waals surface area contributed by atoms with Crippen molar-refractivity contribution in [2.45, 2.75) is 12.8 Å². The van der Waals surface area contributed by atoms with Gasteiger partial charge in [-0.3, -0.25) is 4.79 Å². The Morgan fingerprint density at radius 2 is 2.03 bits per heavy atom. The molecule has 0 aliphatic heterocycles. The lowest BCUT2D eigenvalue weighted by Crippen LogP contribution is -2.21. The zero-order chi connectivity index (χ0) is 22.2. The number of aryl methyl sites for hydroxylation is 1. The van der Waals surface area contributed by atoms with E-state index in [0.717, 1.165) is 38.3 Å². The number of thiophene rings is 1. The summed E-state index contributed by atoms with van der Waals surface area (Å²) in [7, 11) is 0.